The lowest BCUT2D eigenvalue weighted by molar-refractivity contribution is 0.0953. The Balaban J connectivity index is 1.52. The predicted molar refractivity (Wildman–Crippen MR) is 97.9 cm³/mol. The molecule has 0 spiro atoms. The Hall–Kier alpha value is -2.95. The fourth-order valence-electron chi connectivity index (χ4n) is 2.64. The highest BCUT2D eigenvalue weighted by atomic mass is 16.1. The molecule has 0 unspecified atom stereocenters. The molecule has 1 aromatic carbocycles. The van der Waals surface area contributed by atoms with Crippen molar-refractivity contribution in [3.63, 3.8) is 0 Å². The van der Waals surface area contributed by atoms with Gasteiger partial charge in [-0.25, -0.2) is 4.68 Å². The van der Waals surface area contributed by atoms with E-state index in [2.05, 4.69) is 21.6 Å². The van der Waals surface area contributed by atoms with Crippen molar-refractivity contribution >= 4 is 5.91 Å². The van der Waals surface area contributed by atoms with Crippen LogP contribution in [0.2, 0.25) is 0 Å². The second-order valence-electron chi connectivity index (χ2n) is 6.07. The summed E-state index contributed by atoms with van der Waals surface area (Å²) in [7, 11) is 0. The Morgan fingerprint density at radius 2 is 1.92 bits per heavy atom. The average molecular weight is 334 g/mol. The number of hydrogen-bond acceptors (Lipinski definition) is 3. The van der Waals surface area contributed by atoms with Gasteiger partial charge in [-0.1, -0.05) is 18.2 Å². The van der Waals surface area contributed by atoms with Crippen LogP contribution in [0.5, 0.6) is 0 Å². The van der Waals surface area contributed by atoms with Crippen molar-refractivity contribution in [1.82, 2.24) is 20.1 Å². The van der Waals surface area contributed by atoms with Gasteiger partial charge in [-0.2, -0.15) is 5.10 Å². The lowest BCUT2D eigenvalue weighted by atomic mass is 10.1. The molecule has 0 saturated heterocycles. The van der Waals surface area contributed by atoms with Crippen molar-refractivity contribution in [2.45, 2.75) is 26.7 Å². The molecule has 2 aromatic heterocycles. The second-order valence-corrected chi connectivity index (χ2v) is 6.07. The topological polar surface area (TPSA) is 59.8 Å². The van der Waals surface area contributed by atoms with Crippen LogP contribution in [-0.2, 0) is 6.42 Å². The molecule has 0 aliphatic rings. The zero-order valence-electron chi connectivity index (χ0n) is 14.6. The van der Waals surface area contributed by atoms with Crippen LogP contribution in [0, 0.1) is 13.8 Å². The third kappa shape index (κ3) is 4.32. The summed E-state index contributed by atoms with van der Waals surface area (Å²) in [5.41, 5.74) is 4.78. The third-order valence-corrected chi connectivity index (χ3v) is 4.10. The van der Waals surface area contributed by atoms with Gasteiger partial charge in [-0.3, -0.25) is 9.78 Å². The SMILES string of the molecule is Cc1ccc(C(=O)NCCCc2cn(-c3ccccc3)nc2C)cn1. The number of para-hydroxylation sites is 1. The number of aryl methyl sites for hydroxylation is 3. The van der Waals surface area contributed by atoms with E-state index in [4.69, 9.17) is 0 Å². The van der Waals surface area contributed by atoms with E-state index in [9.17, 15) is 4.79 Å². The third-order valence-electron chi connectivity index (χ3n) is 4.10. The Morgan fingerprint density at radius 1 is 1.12 bits per heavy atom. The number of pyridine rings is 1. The first-order valence-electron chi connectivity index (χ1n) is 8.45. The molecule has 2 heterocycles. The molecular formula is C20H22N4O. The minimum absolute atomic E-state index is 0.0794. The van der Waals surface area contributed by atoms with Crippen LogP contribution >= 0.6 is 0 Å². The van der Waals surface area contributed by atoms with Gasteiger partial charge in [0.05, 0.1) is 16.9 Å². The monoisotopic (exact) mass is 334 g/mol. The summed E-state index contributed by atoms with van der Waals surface area (Å²) in [4.78, 5) is 16.2. The molecule has 128 valence electrons. The number of carbonyl (C=O) groups excluding carboxylic acids is 1. The van der Waals surface area contributed by atoms with E-state index in [1.54, 1.807) is 12.3 Å². The summed E-state index contributed by atoms with van der Waals surface area (Å²) >= 11 is 0. The lowest BCUT2D eigenvalue weighted by Gasteiger charge is -2.05. The first kappa shape index (κ1) is 16.9. The maximum Gasteiger partial charge on any atom is 0.252 e. The molecule has 1 N–H and O–H groups in total. The number of rotatable bonds is 6. The molecule has 5 heteroatoms. The Labute approximate surface area is 147 Å². The number of nitrogens with zero attached hydrogens (tertiary/aromatic N) is 3. The van der Waals surface area contributed by atoms with Crippen LogP contribution in [0.15, 0.2) is 54.9 Å². The van der Waals surface area contributed by atoms with Gasteiger partial charge in [-0.05, 0) is 56.5 Å². The van der Waals surface area contributed by atoms with Crippen LogP contribution in [-0.4, -0.2) is 27.2 Å². The number of carbonyl (C=O) groups is 1. The molecule has 1 amide bonds. The predicted octanol–water partition coefficient (Wildman–Crippen LogP) is 3.25. The van der Waals surface area contributed by atoms with Crippen LogP contribution in [0.3, 0.4) is 0 Å². The Morgan fingerprint density at radius 3 is 2.64 bits per heavy atom. The minimum atomic E-state index is -0.0794. The molecule has 0 radical (unpaired) electrons. The molecule has 0 aliphatic heterocycles. The highest BCUT2D eigenvalue weighted by Crippen LogP contribution is 2.13. The van der Waals surface area contributed by atoms with Crippen molar-refractivity contribution in [3.05, 3.63) is 77.4 Å². The van der Waals surface area contributed by atoms with Crippen molar-refractivity contribution < 1.29 is 4.79 Å². The maximum absolute atomic E-state index is 12.1. The van der Waals surface area contributed by atoms with Gasteiger partial charge in [0.25, 0.3) is 5.91 Å². The molecule has 3 aromatic rings. The summed E-state index contributed by atoms with van der Waals surface area (Å²) < 4.78 is 1.90. The lowest BCUT2D eigenvalue weighted by Crippen LogP contribution is -2.24. The first-order chi connectivity index (χ1) is 12.1. The molecule has 0 bridgehead atoms. The molecule has 0 saturated carbocycles. The molecule has 25 heavy (non-hydrogen) atoms. The Bertz CT molecular complexity index is 838. The molecule has 0 aliphatic carbocycles. The zero-order valence-corrected chi connectivity index (χ0v) is 14.6. The molecule has 0 atom stereocenters. The van der Waals surface area contributed by atoms with E-state index < -0.39 is 0 Å². The van der Waals surface area contributed by atoms with E-state index in [0.717, 1.165) is 29.9 Å². The number of nitrogens with one attached hydrogen (secondary N) is 1. The normalized spacial score (nSPS) is 10.6. The molecule has 0 fully saturated rings. The summed E-state index contributed by atoms with van der Waals surface area (Å²) in [6.45, 7) is 4.55. The standard InChI is InChI=1S/C20H22N4O/c1-15-10-11-17(13-22-15)20(25)21-12-6-7-18-14-24(23-16(18)2)19-8-4-3-5-9-19/h3-5,8-11,13-14H,6-7,12H2,1-2H3,(H,21,25). The zero-order chi connectivity index (χ0) is 17.6. The van der Waals surface area contributed by atoms with Gasteiger partial charge in [-0.15, -0.1) is 0 Å². The van der Waals surface area contributed by atoms with Crippen molar-refractivity contribution in [3.8, 4) is 5.69 Å². The number of aromatic nitrogens is 3. The molecular weight excluding hydrogens is 312 g/mol. The van der Waals surface area contributed by atoms with E-state index in [-0.39, 0.29) is 5.91 Å². The first-order valence-corrected chi connectivity index (χ1v) is 8.45. The summed E-state index contributed by atoms with van der Waals surface area (Å²) in [5.74, 6) is -0.0794. The Kier molecular flexibility index (Phi) is 5.23. The van der Waals surface area contributed by atoms with Gasteiger partial charge in [0, 0.05) is 24.6 Å². The second kappa shape index (κ2) is 7.75. The van der Waals surface area contributed by atoms with Gasteiger partial charge in [0.2, 0.25) is 0 Å². The maximum atomic E-state index is 12.1. The van der Waals surface area contributed by atoms with Gasteiger partial charge in [0.1, 0.15) is 0 Å². The van der Waals surface area contributed by atoms with Crippen molar-refractivity contribution in [2.24, 2.45) is 0 Å². The van der Waals surface area contributed by atoms with Crippen LogP contribution in [0.4, 0.5) is 0 Å². The quantitative estimate of drug-likeness (QED) is 0.704. The number of hydrogen-bond donors (Lipinski definition) is 1. The summed E-state index contributed by atoms with van der Waals surface area (Å²) in [6.07, 6.45) is 5.42. The number of benzene rings is 1. The number of amides is 1. The van der Waals surface area contributed by atoms with Crippen molar-refractivity contribution in [2.75, 3.05) is 6.54 Å². The fraction of sp³-hybridized carbons (Fsp3) is 0.250. The summed E-state index contributed by atoms with van der Waals surface area (Å²) in [6, 6.07) is 13.7. The highest BCUT2D eigenvalue weighted by Gasteiger charge is 2.08. The van der Waals surface area contributed by atoms with Crippen LogP contribution in [0.25, 0.3) is 5.69 Å². The average Bonchev–Trinajstić information content (AvgIpc) is 3.01. The van der Waals surface area contributed by atoms with Crippen LogP contribution in [0.1, 0.15) is 33.7 Å². The van der Waals surface area contributed by atoms with Crippen LogP contribution < -0.4 is 5.32 Å². The minimum Gasteiger partial charge on any atom is -0.352 e. The summed E-state index contributed by atoms with van der Waals surface area (Å²) in [5, 5.41) is 7.51. The van der Waals surface area contributed by atoms with E-state index in [0.29, 0.717) is 12.1 Å². The van der Waals surface area contributed by atoms with Crippen molar-refractivity contribution in [1.29, 1.82) is 0 Å². The van der Waals surface area contributed by atoms with Gasteiger partial charge >= 0.3 is 0 Å². The molecule has 5 nitrogen and oxygen atoms in total. The van der Waals surface area contributed by atoms with E-state index in [1.807, 2.05) is 54.9 Å². The van der Waals surface area contributed by atoms with E-state index >= 15 is 0 Å². The van der Waals surface area contributed by atoms with Gasteiger partial charge < -0.3 is 5.32 Å². The van der Waals surface area contributed by atoms with E-state index in [1.165, 1.54) is 5.56 Å². The fourth-order valence-corrected chi connectivity index (χ4v) is 2.64. The highest BCUT2D eigenvalue weighted by molar-refractivity contribution is 5.93. The van der Waals surface area contributed by atoms with Gasteiger partial charge in [0.15, 0.2) is 0 Å². The smallest absolute Gasteiger partial charge is 0.252 e. The largest absolute Gasteiger partial charge is 0.352 e. The molecule has 3 rings (SSSR count).